The van der Waals surface area contributed by atoms with Gasteiger partial charge in [0.05, 0.1) is 0 Å². The summed E-state index contributed by atoms with van der Waals surface area (Å²) >= 11 is 0. The van der Waals surface area contributed by atoms with Crippen molar-refractivity contribution in [2.45, 2.75) is 57.7 Å². The topological polar surface area (TPSA) is 72.9 Å². The van der Waals surface area contributed by atoms with E-state index in [-0.39, 0.29) is 12.1 Å². The van der Waals surface area contributed by atoms with Crippen LogP contribution in [0.15, 0.2) is 0 Å². The number of hydrogen-bond acceptors (Lipinski definition) is 3. The number of hydrogen-bond donors (Lipinski definition) is 2. The lowest BCUT2D eigenvalue weighted by atomic mass is 10.1. The van der Waals surface area contributed by atoms with Crippen molar-refractivity contribution in [3.05, 3.63) is 0 Å². The van der Waals surface area contributed by atoms with Crippen molar-refractivity contribution in [1.82, 2.24) is 15.1 Å². The lowest BCUT2D eigenvalue weighted by Crippen LogP contribution is -2.60. The van der Waals surface area contributed by atoms with Gasteiger partial charge in [0.15, 0.2) is 0 Å². The maximum absolute atomic E-state index is 12.3. The minimum Gasteiger partial charge on any atom is -0.480 e. The van der Waals surface area contributed by atoms with Crippen LogP contribution in [0.4, 0.5) is 4.79 Å². The van der Waals surface area contributed by atoms with Gasteiger partial charge in [0.25, 0.3) is 0 Å². The fraction of sp³-hybridized carbons (Fsp3) is 0.857. The first-order chi connectivity index (χ1) is 9.52. The lowest BCUT2D eigenvalue weighted by Gasteiger charge is -2.42. The Labute approximate surface area is 120 Å². The predicted molar refractivity (Wildman–Crippen MR) is 75.6 cm³/mol. The highest BCUT2D eigenvalue weighted by atomic mass is 16.4. The molecular weight excluding hydrogens is 258 g/mol. The summed E-state index contributed by atoms with van der Waals surface area (Å²) in [5.41, 5.74) is 0. The van der Waals surface area contributed by atoms with Crippen LogP contribution in [0.5, 0.6) is 0 Å². The maximum Gasteiger partial charge on any atom is 0.326 e. The smallest absolute Gasteiger partial charge is 0.326 e. The summed E-state index contributed by atoms with van der Waals surface area (Å²) in [5, 5.41) is 11.8. The molecule has 6 nitrogen and oxygen atoms in total. The molecule has 114 valence electrons. The van der Waals surface area contributed by atoms with Crippen molar-refractivity contribution in [3.63, 3.8) is 0 Å². The fourth-order valence-corrected chi connectivity index (χ4v) is 3.25. The second-order valence-corrected chi connectivity index (χ2v) is 5.92. The van der Waals surface area contributed by atoms with Crippen LogP contribution >= 0.6 is 0 Å². The second-order valence-electron chi connectivity index (χ2n) is 5.92. The van der Waals surface area contributed by atoms with Crippen LogP contribution in [-0.4, -0.2) is 64.7 Å². The molecule has 0 saturated carbocycles. The van der Waals surface area contributed by atoms with E-state index in [2.05, 4.69) is 10.2 Å². The Kier molecular flexibility index (Phi) is 4.86. The number of carbonyl (C=O) groups is 2. The average molecular weight is 283 g/mol. The van der Waals surface area contributed by atoms with Crippen LogP contribution in [0.1, 0.15) is 39.5 Å². The minimum atomic E-state index is -0.952. The number of fused-ring (bicyclic) bond motifs is 1. The summed E-state index contributed by atoms with van der Waals surface area (Å²) in [7, 11) is 0. The second kappa shape index (κ2) is 6.43. The van der Waals surface area contributed by atoms with E-state index in [9.17, 15) is 9.59 Å². The standard InChI is InChI=1S/C14H25N3O3/c1-3-5-12(13(18)19)15-14(20)17-9-11-6-4-7-16(11)8-10(17)2/h10-12H,3-9H2,1-2H3,(H,15,20)(H,18,19). The molecule has 2 amide bonds. The van der Waals surface area contributed by atoms with Crippen molar-refractivity contribution in [1.29, 1.82) is 0 Å². The molecule has 0 spiro atoms. The normalized spacial score (nSPS) is 28.0. The highest BCUT2D eigenvalue weighted by Crippen LogP contribution is 2.24. The van der Waals surface area contributed by atoms with Crippen molar-refractivity contribution in [2.75, 3.05) is 19.6 Å². The number of carboxylic acids is 1. The van der Waals surface area contributed by atoms with Gasteiger partial charge in [0.2, 0.25) is 0 Å². The summed E-state index contributed by atoms with van der Waals surface area (Å²) in [6.45, 7) is 6.68. The van der Waals surface area contributed by atoms with E-state index in [1.807, 2.05) is 13.8 Å². The zero-order chi connectivity index (χ0) is 14.7. The van der Waals surface area contributed by atoms with Gasteiger partial charge in [-0.3, -0.25) is 4.90 Å². The molecule has 3 atom stereocenters. The van der Waals surface area contributed by atoms with Crippen LogP contribution in [0, 0.1) is 0 Å². The number of aliphatic carboxylic acids is 1. The number of rotatable bonds is 4. The first-order valence-electron chi connectivity index (χ1n) is 7.57. The summed E-state index contributed by atoms with van der Waals surface area (Å²) in [6, 6.07) is -0.418. The summed E-state index contributed by atoms with van der Waals surface area (Å²) in [6.07, 6.45) is 3.54. The number of carboxylic acid groups (broad SMARTS) is 1. The van der Waals surface area contributed by atoms with E-state index >= 15 is 0 Å². The summed E-state index contributed by atoms with van der Waals surface area (Å²) < 4.78 is 0. The Morgan fingerprint density at radius 1 is 1.40 bits per heavy atom. The molecule has 2 aliphatic heterocycles. The van der Waals surface area contributed by atoms with Gasteiger partial charge in [-0.15, -0.1) is 0 Å². The number of piperazine rings is 1. The van der Waals surface area contributed by atoms with Crippen molar-refractivity contribution in [2.24, 2.45) is 0 Å². The third-order valence-corrected chi connectivity index (χ3v) is 4.37. The van der Waals surface area contributed by atoms with Crippen LogP contribution in [0.2, 0.25) is 0 Å². The van der Waals surface area contributed by atoms with Crippen LogP contribution in [0.25, 0.3) is 0 Å². The van der Waals surface area contributed by atoms with Gasteiger partial charge in [-0.05, 0) is 32.7 Å². The Hall–Kier alpha value is -1.30. The number of urea groups is 1. The summed E-state index contributed by atoms with van der Waals surface area (Å²) in [4.78, 5) is 27.7. The Bertz CT molecular complexity index is 375. The fourth-order valence-electron chi connectivity index (χ4n) is 3.25. The molecule has 2 saturated heterocycles. The third-order valence-electron chi connectivity index (χ3n) is 4.37. The molecule has 0 bridgehead atoms. The number of amides is 2. The van der Waals surface area contributed by atoms with E-state index in [4.69, 9.17) is 5.11 Å². The van der Waals surface area contributed by atoms with Gasteiger partial charge in [0, 0.05) is 25.2 Å². The van der Waals surface area contributed by atoms with E-state index in [1.54, 1.807) is 4.90 Å². The number of nitrogens with zero attached hydrogens (tertiary/aromatic N) is 2. The number of nitrogens with one attached hydrogen (secondary N) is 1. The van der Waals surface area contributed by atoms with Gasteiger partial charge in [-0.2, -0.15) is 0 Å². The Morgan fingerprint density at radius 3 is 2.80 bits per heavy atom. The predicted octanol–water partition coefficient (Wildman–Crippen LogP) is 1.12. The highest BCUT2D eigenvalue weighted by Gasteiger charge is 2.37. The van der Waals surface area contributed by atoms with E-state index in [1.165, 1.54) is 6.42 Å². The Morgan fingerprint density at radius 2 is 2.15 bits per heavy atom. The summed E-state index contributed by atoms with van der Waals surface area (Å²) in [5.74, 6) is -0.952. The molecule has 2 fully saturated rings. The molecule has 2 N–H and O–H groups in total. The molecule has 2 heterocycles. The zero-order valence-electron chi connectivity index (χ0n) is 12.3. The van der Waals surface area contributed by atoms with Crippen molar-refractivity contribution >= 4 is 12.0 Å². The van der Waals surface area contributed by atoms with E-state index in [0.29, 0.717) is 19.0 Å². The first-order valence-corrected chi connectivity index (χ1v) is 7.57. The molecule has 2 aliphatic rings. The first kappa shape index (κ1) is 15.1. The lowest BCUT2D eigenvalue weighted by molar-refractivity contribution is -0.139. The zero-order valence-corrected chi connectivity index (χ0v) is 12.3. The minimum absolute atomic E-state index is 0.139. The Balaban J connectivity index is 1.95. The largest absolute Gasteiger partial charge is 0.480 e. The van der Waals surface area contributed by atoms with Gasteiger partial charge < -0.3 is 15.3 Å². The SMILES string of the molecule is CCCC(NC(=O)N1CC2CCCN2CC1C)C(=O)O. The quantitative estimate of drug-likeness (QED) is 0.811. The molecule has 0 aromatic heterocycles. The highest BCUT2D eigenvalue weighted by molar-refractivity contribution is 5.82. The molecule has 20 heavy (non-hydrogen) atoms. The van der Waals surface area contributed by atoms with Gasteiger partial charge in [-0.1, -0.05) is 13.3 Å². The number of carbonyl (C=O) groups excluding carboxylic acids is 1. The third kappa shape index (κ3) is 3.23. The molecule has 0 radical (unpaired) electrons. The van der Waals surface area contributed by atoms with Crippen molar-refractivity contribution < 1.29 is 14.7 Å². The molecule has 0 aromatic rings. The van der Waals surface area contributed by atoms with Crippen LogP contribution in [-0.2, 0) is 4.79 Å². The molecule has 3 unspecified atom stereocenters. The van der Waals surface area contributed by atoms with Gasteiger partial charge >= 0.3 is 12.0 Å². The molecule has 0 aromatic carbocycles. The molecule has 2 rings (SSSR count). The van der Waals surface area contributed by atoms with E-state index < -0.39 is 12.0 Å². The van der Waals surface area contributed by atoms with Gasteiger partial charge in [-0.25, -0.2) is 9.59 Å². The van der Waals surface area contributed by atoms with E-state index in [0.717, 1.165) is 25.9 Å². The molecular formula is C14H25N3O3. The average Bonchev–Trinajstić information content (AvgIpc) is 2.83. The maximum atomic E-state index is 12.3. The monoisotopic (exact) mass is 283 g/mol. The van der Waals surface area contributed by atoms with Crippen LogP contribution in [0.3, 0.4) is 0 Å². The van der Waals surface area contributed by atoms with Crippen LogP contribution < -0.4 is 5.32 Å². The van der Waals surface area contributed by atoms with Crippen molar-refractivity contribution in [3.8, 4) is 0 Å². The molecule has 6 heteroatoms. The molecule has 0 aliphatic carbocycles. The van der Waals surface area contributed by atoms with Gasteiger partial charge in [0.1, 0.15) is 6.04 Å².